The predicted octanol–water partition coefficient (Wildman–Crippen LogP) is 2.66. The first-order valence-corrected chi connectivity index (χ1v) is 6.85. The number of nitrogens with zero attached hydrogens (tertiary/aromatic N) is 1. The van der Waals surface area contributed by atoms with Crippen LogP contribution in [0.15, 0.2) is 42.6 Å². The average Bonchev–Trinajstić information content (AvgIpc) is 2.81. The molecule has 110 valence electrons. The summed E-state index contributed by atoms with van der Waals surface area (Å²) in [5.74, 6) is -1.51. The SMILES string of the molecule is C/C=C/C(=O)C(Cc1cn(C)c2ccccc12)C(=O)OC. The van der Waals surface area contributed by atoms with Crippen molar-refractivity contribution in [2.75, 3.05) is 7.11 Å². The summed E-state index contributed by atoms with van der Waals surface area (Å²) in [6.45, 7) is 1.75. The number of ketones is 1. The fourth-order valence-corrected chi connectivity index (χ4v) is 2.53. The van der Waals surface area contributed by atoms with Crippen LogP contribution in [0.25, 0.3) is 10.9 Å². The van der Waals surface area contributed by atoms with E-state index in [-0.39, 0.29) is 5.78 Å². The van der Waals surface area contributed by atoms with Crippen molar-refractivity contribution >= 4 is 22.7 Å². The molecule has 21 heavy (non-hydrogen) atoms. The lowest BCUT2D eigenvalue weighted by atomic mass is 9.94. The molecular weight excluding hydrogens is 266 g/mol. The molecule has 0 fully saturated rings. The highest BCUT2D eigenvalue weighted by molar-refractivity contribution is 6.05. The maximum atomic E-state index is 12.1. The molecule has 4 heteroatoms. The van der Waals surface area contributed by atoms with Crippen LogP contribution < -0.4 is 0 Å². The monoisotopic (exact) mass is 285 g/mol. The number of ether oxygens (including phenoxy) is 1. The lowest BCUT2D eigenvalue weighted by molar-refractivity contribution is -0.148. The van der Waals surface area contributed by atoms with E-state index in [1.54, 1.807) is 13.0 Å². The number of aryl methyl sites for hydroxylation is 1. The van der Waals surface area contributed by atoms with Gasteiger partial charge < -0.3 is 9.30 Å². The molecule has 2 aromatic rings. The lowest BCUT2D eigenvalue weighted by Gasteiger charge is -2.11. The molecule has 1 aromatic carbocycles. The highest BCUT2D eigenvalue weighted by Crippen LogP contribution is 2.24. The third-order valence-corrected chi connectivity index (χ3v) is 3.56. The summed E-state index contributed by atoms with van der Waals surface area (Å²) in [5, 5.41) is 1.06. The smallest absolute Gasteiger partial charge is 0.316 e. The zero-order chi connectivity index (χ0) is 15.4. The summed E-state index contributed by atoms with van der Waals surface area (Å²) >= 11 is 0. The normalized spacial score (nSPS) is 12.7. The standard InChI is InChI=1S/C17H19NO3/c1-4-7-16(19)14(17(20)21-3)10-12-11-18(2)15-9-6-5-8-13(12)15/h4-9,11,14H,10H2,1-3H3/b7-4+. The van der Waals surface area contributed by atoms with Gasteiger partial charge in [-0.05, 0) is 31.1 Å². The molecule has 0 aliphatic carbocycles. The molecule has 2 rings (SSSR count). The average molecular weight is 285 g/mol. The Morgan fingerprint density at radius 1 is 1.33 bits per heavy atom. The minimum absolute atomic E-state index is 0.225. The first-order chi connectivity index (χ1) is 10.1. The first kappa shape index (κ1) is 15.0. The van der Waals surface area contributed by atoms with E-state index in [2.05, 4.69) is 0 Å². The van der Waals surface area contributed by atoms with Gasteiger partial charge in [0.15, 0.2) is 5.78 Å². The molecule has 0 radical (unpaired) electrons. The van der Waals surface area contributed by atoms with E-state index in [9.17, 15) is 9.59 Å². The summed E-state index contributed by atoms with van der Waals surface area (Å²) < 4.78 is 6.77. The van der Waals surface area contributed by atoms with Crippen LogP contribution in [-0.2, 0) is 27.8 Å². The number of carbonyl (C=O) groups excluding carboxylic acids is 2. The number of carbonyl (C=O) groups is 2. The van der Waals surface area contributed by atoms with Gasteiger partial charge in [-0.3, -0.25) is 9.59 Å². The number of benzene rings is 1. The molecule has 1 atom stereocenters. The van der Waals surface area contributed by atoms with Gasteiger partial charge in [-0.1, -0.05) is 24.3 Å². The van der Waals surface area contributed by atoms with Crippen LogP contribution in [-0.4, -0.2) is 23.4 Å². The van der Waals surface area contributed by atoms with Crippen LogP contribution in [0.1, 0.15) is 12.5 Å². The van der Waals surface area contributed by atoms with Crippen LogP contribution in [0.5, 0.6) is 0 Å². The minimum Gasteiger partial charge on any atom is -0.468 e. The van der Waals surface area contributed by atoms with Crippen LogP contribution in [0, 0.1) is 5.92 Å². The first-order valence-electron chi connectivity index (χ1n) is 6.85. The van der Waals surface area contributed by atoms with Gasteiger partial charge in [-0.2, -0.15) is 0 Å². The summed E-state index contributed by atoms with van der Waals surface area (Å²) in [6, 6.07) is 7.93. The number of hydrogen-bond donors (Lipinski definition) is 0. The van der Waals surface area contributed by atoms with Gasteiger partial charge in [-0.25, -0.2) is 0 Å². The van der Waals surface area contributed by atoms with Crippen molar-refractivity contribution in [3.63, 3.8) is 0 Å². The molecule has 0 N–H and O–H groups in total. The van der Waals surface area contributed by atoms with Crippen molar-refractivity contribution in [3.8, 4) is 0 Å². The van der Waals surface area contributed by atoms with E-state index in [1.165, 1.54) is 13.2 Å². The molecule has 0 saturated carbocycles. The van der Waals surface area contributed by atoms with E-state index < -0.39 is 11.9 Å². The highest BCUT2D eigenvalue weighted by atomic mass is 16.5. The van der Waals surface area contributed by atoms with Crippen molar-refractivity contribution in [2.24, 2.45) is 13.0 Å². The van der Waals surface area contributed by atoms with E-state index >= 15 is 0 Å². The summed E-state index contributed by atoms with van der Waals surface area (Å²) in [7, 11) is 3.26. The zero-order valence-electron chi connectivity index (χ0n) is 12.5. The number of rotatable bonds is 5. The van der Waals surface area contributed by atoms with Crippen molar-refractivity contribution in [2.45, 2.75) is 13.3 Å². The molecule has 0 saturated heterocycles. The molecule has 0 spiro atoms. The number of fused-ring (bicyclic) bond motifs is 1. The molecule has 0 amide bonds. The molecule has 0 bridgehead atoms. The van der Waals surface area contributed by atoms with Crippen LogP contribution in [0.2, 0.25) is 0 Å². The van der Waals surface area contributed by atoms with Gasteiger partial charge >= 0.3 is 5.97 Å². The Kier molecular flexibility index (Phi) is 4.58. The Bertz CT molecular complexity index is 697. The Balaban J connectivity index is 2.39. The van der Waals surface area contributed by atoms with Crippen LogP contribution in [0.3, 0.4) is 0 Å². The van der Waals surface area contributed by atoms with Gasteiger partial charge in [-0.15, -0.1) is 0 Å². The largest absolute Gasteiger partial charge is 0.468 e. The molecular formula is C17H19NO3. The summed E-state index contributed by atoms with van der Waals surface area (Å²) in [4.78, 5) is 24.0. The fraction of sp³-hybridized carbons (Fsp3) is 0.294. The number of allylic oxidation sites excluding steroid dienone is 2. The number of para-hydroxylation sites is 1. The van der Waals surface area contributed by atoms with Crippen molar-refractivity contribution in [1.29, 1.82) is 0 Å². The molecule has 0 aliphatic heterocycles. The predicted molar refractivity (Wildman–Crippen MR) is 82.0 cm³/mol. The van der Waals surface area contributed by atoms with E-state index in [0.29, 0.717) is 6.42 Å². The van der Waals surface area contributed by atoms with Gasteiger partial charge in [0.05, 0.1) is 7.11 Å². The second-order valence-corrected chi connectivity index (χ2v) is 4.96. The third kappa shape index (κ3) is 3.05. The van der Waals surface area contributed by atoms with Gasteiger partial charge in [0.2, 0.25) is 0 Å². The van der Waals surface area contributed by atoms with Crippen LogP contribution in [0.4, 0.5) is 0 Å². The van der Waals surface area contributed by atoms with E-state index in [4.69, 9.17) is 4.74 Å². The number of aromatic nitrogens is 1. The van der Waals surface area contributed by atoms with Crippen molar-refractivity contribution in [1.82, 2.24) is 4.57 Å². The van der Waals surface area contributed by atoms with Gasteiger partial charge in [0.25, 0.3) is 0 Å². The fourth-order valence-electron chi connectivity index (χ4n) is 2.53. The molecule has 1 aromatic heterocycles. The van der Waals surface area contributed by atoms with E-state index in [1.807, 2.05) is 42.1 Å². The quantitative estimate of drug-likeness (QED) is 0.482. The van der Waals surface area contributed by atoms with Crippen LogP contribution >= 0.6 is 0 Å². The zero-order valence-corrected chi connectivity index (χ0v) is 12.5. The van der Waals surface area contributed by atoms with Crippen molar-refractivity contribution < 1.29 is 14.3 Å². The summed E-state index contributed by atoms with van der Waals surface area (Å²) in [5.41, 5.74) is 2.05. The number of esters is 1. The topological polar surface area (TPSA) is 48.3 Å². The molecule has 1 unspecified atom stereocenters. The van der Waals surface area contributed by atoms with Gasteiger partial charge in [0.1, 0.15) is 5.92 Å². The van der Waals surface area contributed by atoms with Gasteiger partial charge in [0, 0.05) is 24.1 Å². The Morgan fingerprint density at radius 3 is 2.71 bits per heavy atom. The van der Waals surface area contributed by atoms with Crippen molar-refractivity contribution in [3.05, 3.63) is 48.2 Å². The maximum Gasteiger partial charge on any atom is 0.316 e. The Morgan fingerprint density at radius 2 is 2.05 bits per heavy atom. The molecule has 4 nitrogen and oxygen atoms in total. The maximum absolute atomic E-state index is 12.1. The summed E-state index contributed by atoms with van der Waals surface area (Å²) in [6.07, 6.45) is 5.37. The Labute approximate surface area is 124 Å². The highest BCUT2D eigenvalue weighted by Gasteiger charge is 2.27. The molecule has 1 heterocycles. The third-order valence-electron chi connectivity index (χ3n) is 3.56. The second-order valence-electron chi connectivity index (χ2n) is 4.96. The number of hydrogen-bond acceptors (Lipinski definition) is 3. The lowest BCUT2D eigenvalue weighted by Crippen LogP contribution is -2.26. The second kappa shape index (κ2) is 6.39. The molecule has 0 aliphatic rings. The Hall–Kier alpha value is -2.36. The number of methoxy groups -OCH3 is 1. The van der Waals surface area contributed by atoms with E-state index in [0.717, 1.165) is 16.5 Å². The minimum atomic E-state index is -0.794.